The van der Waals surface area contributed by atoms with E-state index < -0.39 is 36.0 Å². The third kappa shape index (κ3) is 9.36. The maximum Gasteiger partial charge on any atom is 0.244 e. The van der Waals surface area contributed by atoms with Gasteiger partial charge in [-0.15, -0.1) is 0 Å². The molecule has 1 amide bonds. The van der Waals surface area contributed by atoms with Gasteiger partial charge in [0.15, 0.2) is 11.4 Å². The van der Waals surface area contributed by atoms with E-state index in [1.165, 1.54) is 24.1 Å². The number of rotatable bonds is 14. The van der Waals surface area contributed by atoms with E-state index in [2.05, 4.69) is 52.1 Å². The molecule has 1 unspecified atom stereocenters. The molecule has 0 aromatic heterocycles. The molecule has 1 aliphatic heterocycles. The Hall–Kier alpha value is -2.28. The van der Waals surface area contributed by atoms with Crippen LogP contribution in [0.2, 0.25) is 0 Å². The van der Waals surface area contributed by atoms with E-state index in [9.17, 15) is 19.8 Å². The number of hydrogen-bond acceptors (Lipinski definition) is 5. The predicted octanol–water partition coefficient (Wildman–Crippen LogP) is 4.20. The maximum atomic E-state index is 12.2. The van der Waals surface area contributed by atoms with E-state index in [4.69, 9.17) is 4.74 Å². The van der Waals surface area contributed by atoms with Gasteiger partial charge in [-0.3, -0.25) is 9.59 Å². The summed E-state index contributed by atoms with van der Waals surface area (Å²) in [5.74, 6) is 0.852. The molecule has 0 radical (unpaired) electrons. The van der Waals surface area contributed by atoms with E-state index in [1.54, 1.807) is 18.2 Å². The number of ether oxygens (including phenoxy) is 1. The Kier molecular flexibility index (Phi) is 11.3. The van der Waals surface area contributed by atoms with E-state index in [1.807, 2.05) is 12.2 Å². The van der Waals surface area contributed by atoms with Crippen LogP contribution >= 0.6 is 0 Å². The van der Waals surface area contributed by atoms with Crippen LogP contribution in [0.5, 0.6) is 0 Å². The van der Waals surface area contributed by atoms with Crippen molar-refractivity contribution in [1.29, 1.82) is 0 Å². The van der Waals surface area contributed by atoms with Crippen LogP contribution < -0.4 is 5.32 Å². The third-order valence-electron chi connectivity index (χ3n) is 6.66. The first-order chi connectivity index (χ1) is 16.6. The highest BCUT2D eigenvalue weighted by molar-refractivity contribution is 5.99. The van der Waals surface area contributed by atoms with E-state index >= 15 is 0 Å². The number of carbonyl (C=O) groups excluding carboxylic acids is 2. The van der Waals surface area contributed by atoms with Gasteiger partial charge in [0.25, 0.3) is 0 Å². The second-order valence-corrected chi connectivity index (χ2v) is 10.3. The van der Waals surface area contributed by atoms with Crippen LogP contribution in [-0.4, -0.2) is 52.4 Å². The summed E-state index contributed by atoms with van der Waals surface area (Å²) >= 11 is 0. The first-order valence-corrected chi connectivity index (χ1v) is 12.8. The number of allylic oxidation sites excluding steroid dienone is 7. The number of hydrogen-bond donors (Lipinski definition) is 3. The number of amides is 1. The largest absolute Gasteiger partial charge is 0.394 e. The maximum absolute atomic E-state index is 12.2. The molecule has 1 saturated heterocycles. The Morgan fingerprint density at radius 1 is 1.20 bits per heavy atom. The second kappa shape index (κ2) is 13.7. The summed E-state index contributed by atoms with van der Waals surface area (Å²) in [7, 11) is 0. The van der Waals surface area contributed by atoms with Gasteiger partial charge < -0.3 is 20.3 Å². The minimum Gasteiger partial charge on any atom is -0.394 e. The molecule has 1 aliphatic carbocycles. The lowest BCUT2D eigenvalue weighted by Crippen LogP contribution is -2.52. The molecule has 0 bridgehead atoms. The van der Waals surface area contributed by atoms with Crippen molar-refractivity contribution in [3.63, 3.8) is 0 Å². The molecule has 7 atom stereocenters. The minimum absolute atomic E-state index is 0.102. The van der Waals surface area contributed by atoms with Crippen LogP contribution in [0.25, 0.3) is 0 Å². The van der Waals surface area contributed by atoms with Crippen molar-refractivity contribution < 1.29 is 24.5 Å². The average molecular weight is 486 g/mol. The fourth-order valence-electron chi connectivity index (χ4n) is 4.67. The molecule has 2 aliphatic rings. The Morgan fingerprint density at radius 3 is 2.60 bits per heavy atom. The van der Waals surface area contributed by atoms with Crippen LogP contribution in [0.3, 0.4) is 0 Å². The van der Waals surface area contributed by atoms with Crippen molar-refractivity contribution >= 4 is 11.7 Å². The highest BCUT2D eigenvalue weighted by Crippen LogP contribution is 2.40. The highest BCUT2D eigenvalue weighted by Gasteiger charge is 2.59. The molecule has 6 nitrogen and oxygen atoms in total. The molecule has 2 rings (SSSR count). The summed E-state index contributed by atoms with van der Waals surface area (Å²) in [6.45, 7) is 10.8. The molecule has 1 fully saturated rings. The molecule has 35 heavy (non-hydrogen) atoms. The Labute approximate surface area is 210 Å². The Balaban J connectivity index is 1.73. The number of fused-ring (bicyclic) bond motifs is 1. The molecular weight excluding hydrogens is 442 g/mol. The fraction of sp³-hybridized carbons (Fsp3) is 0.586. The second-order valence-electron chi connectivity index (χ2n) is 10.3. The number of ketones is 1. The topological polar surface area (TPSA) is 99.2 Å². The van der Waals surface area contributed by atoms with Crippen molar-refractivity contribution in [1.82, 2.24) is 5.32 Å². The lowest BCUT2D eigenvalue weighted by atomic mass is 9.82. The van der Waals surface area contributed by atoms with Gasteiger partial charge in [0.2, 0.25) is 5.91 Å². The van der Waals surface area contributed by atoms with Gasteiger partial charge >= 0.3 is 0 Å². The molecule has 194 valence electrons. The summed E-state index contributed by atoms with van der Waals surface area (Å²) in [4.78, 5) is 24.3. The molecule has 0 saturated carbocycles. The lowest BCUT2D eigenvalue weighted by Gasteiger charge is -2.29. The number of epoxide rings is 1. The van der Waals surface area contributed by atoms with E-state index in [0.717, 1.165) is 12.8 Å². The summed E-state index contributed by atoms with van der Waals surface area (Å²) in [6, 6.07) is -0.757. The average Bonchev–Trinajstić information content (AvgIpc) is 3.59. The zero-order chi connectivity index (χ0) is 26.0. The molecule has 6 heteroatoms. The quantitative estimate of drug-likeness (QED) is 0.148. The SMILES string of the molecule is CC[C@@H](C)/C=C(\C)C[C@@H](C)C[C@@H](C)/C=C/C=C/C=C/C(=O)NC(CO)C[C@@]1(O)C(=O)C=C[C@@H]2O[C@@H]21. The summed E-state index contributed by atoms with van der Waals surface area (Å²) in [5.41, 5.74) is -0.248. The molecule has 0 aromatic rings. The van der Waals surface area contributed by atoms with Crippen molar-refractivity contribution in [2.75, 3.05) is 6.61 Å². The van der Waals surface area contributed by atoms with Gasteiger partial charge in [-0.1, -0.05) is 76.1 Å². The molecule has 1 heterocycles. The lowest BCUT2D eigenvalue weighted by molar-refractivity contribution is -0.137. The zero-order valence-electron chi connectivity index (χ0n) is 21.8. The van der Waals surface area contributed by atoms with E-state index in [0.29, 0.717) is 17.8 Å². The van der Waals surface area contributed by atoms with Crippen LogP contribution in [0, 0.1) is 17.8 Å². The van der Waals surface area contributed by atoms with Crippen molar-refractivity contribution in [3.05, 3.63) is 60.3 Å². The van der Waals surface area contributed by atoms with Crippen molar-refractivity contribution in [2.45, 2.75) is 84.2 Å². The summed E-state index contributed by atoms with van der Waals surface area (Å²) in [5, 5.41) is 22.9. The van der Waals surface area contributed by atoms with Crippen LogP contribution in [0.1, 0.15) is 60.3 Å². The number of nitrogens with one attached hydrogen (secondary N) is 1. The molecule has 3 N–H and O–H groups in total. The highest BCUT2D eigenvalue weighted by atomic mass is 16.6. The van der Waals surface area contributed by atoms with Gasteiger partial charge in [0, 0.05) is 12.5 Å². The monoisotopic (exact) mass is 485 g/mol. The minimum atomic E-state index is -1.72. The summed E-state index contributed by atoms with van der Waals surface area (Å²) < 4.78 is 5.31. The summed E-state index contributed by atoms with van der Waals surface area (Å²) in [6.07, 6.45) is 18.5. The molecule has 0 aromatic carbocycles. The van der Waals surface area contributed by atoms with Gasteiger partial charge in [-0.05, 0) is 49.7 Å². The zero-order valence-corrected chi connectivity index (χ0v) is 21.8. The van der Waals surface area contributed by atoms with Crippen LogP contribution in [0.4, 0.5) is 0 Å². The van der Waals surface area contributed by atoms with Gasteiger partial charge in [0.05, 0.1) is 12.6 Å². The normalized spacial score (nSPS) is 27.9. The van der Waals surface area contributed by atoms with E-state index in [-0.39, 0.29) is 12.5 Å². The first-order valence-electron chi connectivity index (χ1n) is 12.8. The van der Waals surface area contributed by atoms with Crippen molar-refractivity contribution in [2.24, 2.45) is 17.8 Å². The number of carbonyl (C=O) groups is 2. The van der Waals surface area contributed by atoms with Crippen LogP contribution in [-0.2, 0) is 14.3 Å². The standard InChI is InChI=1S/C29H43NO5/c1-6-20(2)15-22(4)17-23(5)16-21(3)11-9-7-8-10-12-27(33)30-24(19-31)18-29(34)26(32)14-13-25-28(29)35-25/h7-15,20-21,23-25,28,31,34H,6,16-19H2,1-5H3,(H,30,33)/b8-7+,11-9+,12-10+,22-15+/t20-,21+,23+,24?,25+,28+,29-/m1/s1. The third-order valence-corrected chi connectivity index (χ3v) is 6.66. The fourth-order valence-corrected chi connectivity index (χ4v) is 4.67. The van der Waals surface area contributed by atoms with Gasteiger partial charge in [0.1, 0.15) is 12.2 Å². The van der Waals surface area contributed by atoms with Gasteiger partial charge in [-0.25, -0.2) is 0 Å². The Bertz CT molecular complexity index is 870. The Morgan fingerprint density at radius 2 is 1.91 bits per heavy atom. The number of aliphatic hydroxyl groups is 2. The van der Waals surface area contributed by atoms with Crippen molar-refractivity contribution in [3.8, 4) is 0 Å². The smallest absolute Gasteiger partial charge is 0.244 e. The van der Waals surface area contributed by atoms with Gasteiger partial charge in [-0.2, -0.15) is 0 Å². The first kappa shape index (κ1) is 29.0. The molecular formula is C29H43NO5. The number of aliphatic hydroxyl groups excluding tert-OH is 1. The van der Waals surface area contributed by atoms with Crippen LogP contribution in [0.15, 0.2) is 60.3 Å². The molecule has 0 spiro atoms. The predicted molar refractivity (Wildman–Crippen MR) is 140 cm³/mol.